The Morgan fingerprint density at radius 2 is 2.00 bits per heavy atom. The van der Waals surface area contributed by atoms with Crippen LogP contribution >= 0.6 is 0 Å². The third-order valence-electron chi connectivity index (χ3n) is 6.01. The molecule has 1 aromatic carbocycles. The first-order valence-corrected chi connectivity index (χ1v) is 10.4. The first kappa shape index (κ1) is 20.8. The van der Waals surface area contributed by atoms with Gasteiger partial charge in [-0.05, 0) is 31.9 Å². The molecule has 3 heterocycles. The van der Waals surface area contributed by atoms with Gasteiger partial charge in [0.2, 0.25) is 0 Å². The number of hydrogen-bond acceptors (Lipinski definition) is 7. The molecule has 2 saturated heterocycles. The van der Waals surface area contributed by atoms with Gasteiger partial charge >= 0.3 is 6.03 Å². The Hall–Kier alpha value is -2.49. The summed E-state index contributed by atoms with van der Waals surface area (Å²) in [6.45, 7) is 8.58. The number of imide groups is 1. The van der Waals surface area contributed by atoms with Gasteiger partial charge in [0.1, 0.15) is 12.2 Å². The van der Waals surface area contributed by atoms with Crippen LogP contribution < -0.4 is 5.32 Å². The van der Waals surface area contributed by atoms with E-state index in [0.29, 0.717) is 26.3 Å². The van der Waals surface area contributed by atoms with Gasteiger partial charge in [0, 0.05) is 25.9 Å². The predicted molar refractivity (Wildman–Crippen MR) is 112 cm³/mol. The maximum absolute atomic E-state index is 13.5. The molecule has 3 unspecified atom stereocenters. The molecule has 0 spiro atoms. The standard InChI is InChI=1S/C21H30N6O3/c1-5-30-11-10-27-20-22-18-17(25(20)12-15(3)23-27)19(28)26(21(29)24(18)4)13-16-9-7-6-8-14(16)2/h6-9,17-18,20,22H,5,10-13H2,1-4H3. The number of likely N-dealkylation sites (N-methyl/N-ethyl adjacent to an activating group) is 1. The smallest absolute Gasteiger partial charge is 0.328 e. The van der Waals surface area contributed by atoms with Crippen molar-refractivity contribution in [3.63, 3.8) is 0 Å². The maximum Gasteiger partial charge on any atom is 0.328 e. The van der Waals surface area contributed by atoms with E-state index in [2.05, 4.69) is 15.3 Å². The van der Waals surface area contributed by atoms with Crippen LogP contribution in [0.1, 0.15) is 25.0 Å². The average molecular weight is 415 g/mol. The van der Waals surface area contributed by atoms with E-state index in [9.17, 15) is 9.59 Å². The number of amides is 3. The molecule has 162 valence electrons. The highest BCUT2D eigenvalue weighted by Gasteiger charge is 2.56. The first-order valence-electron chi connectivity index (χ1n) is 10.4. The van der Waals surface area contributed by atoms with E-state index < -0.39 is 6.04 Å². The molecule has 0 bridgehead atoms. The zero-order valence-electron chi connectivity index (χ0n) is 18.0. The number of carbonyl (C=O) groups excluding carboxylic acids is 2. The summed E-state index contributed by atoms with van der Waals surface area (Å²) in [4.78, 5) is 31.7. The van der Waals surface area contributed by atoms with E-state index in [1.54, 1.807) is 11.9 Å². The van der Waals surface area contributed by atoms with Crippen LogP contribution in [0.15, 0.2) is 29.4 Å². The lowest BCUT2D eigenvalue weighted by Crippen LogP contribution is -2.66. The highest BCUT2D eigenvalue weighted by atomic mass is 16.5. The Kier molecular flexibility index (Phi) is 5.77. The second-order valence-electron chi connectivity index (χ2n) is 8.04. The summed E-state index contributed by atoms with van der Waals surface area (Å²) < 4.78 is 5.50. The molecular formula is C21H30N6O3. The van der Waals surface area contributed by atoms with Gasteiger partial charge < -0.3 is 9.64 Å². The molecule has 3 aliphatic rings. The van der Waals surface area contributed by atoms with Crippen LogP contribution in [0, 0.1) is 6.92 Å². The molecule has 0 saturated carbocycles. The van der Waals surface area contributed by atoms with Crippen molar-refractivity contribution in [1.82, 2.24) is 25.0 Å². The molecule has 3 amide bonds. The molecule has 1 N–H and O–H groups in total. The number of aryl methyl sites for hydroxylation is 1. The van der Waals surface area contributed by atoms with E-state index >= 15 is 0 Å². The summed E-state index contributed by atoms with van der Waals surface area (Å²) in [5.74, 6) is -0.166. The topological polar surface area (TPSA) is 80.7 Å². The maximum atomic E-state index is 13.5. The van der Waals surface area contributed by atoms with Gasteiger partial charge in [-0.2, -0.15) is 5.10 Å². The third-order valence-corrected chi connectivity index (χ3v) is 6.01. The van der Waals surface area contributed by atoms with Crippen molar-refractivity contribution in [2.45, 2.75) is 45.8 Å². The number of benzene rings is 1. The van der Waals surface area contributed by atoms with Crippen LogP contribution in [0.25, 0.3) is 0 Å². The first-order chi connectivity index (χ1) is 14.4. The molecule has 2 fully saturated rings. The molecule has 0 aromatic heterocycles. The van der Waals surface area contributed by atoms with Gasteiger partial charge in [-0.1, -0.05) is 24.3 Å². The molecular weight excluding hydrogens is 384 g/mol. The number of nitrogens with one attached hydrogen (secondary N) is 1. The number of hydrazone groups is 1. The van der Waals surface area contributed by atoms with Crippen molar-refractivity contribution in [1.29, 1.82) is 0 Å². The van der Waals surface area contributed by atoms with Crippen LogP contribution in [0.5, 0.6) is 0 Å². The summed E-state index contributed by atoms with van der Waals surface area (Å²) in [5.41, 5.74) is 2.97. The SMILES string of the molecule is CCOCCN1N=C(C)CN2C3C(=O)N(Cc4ccccc4C)C(=O)N(C)C3NC12. The minimum Gasteiger partial charge on any atom is -0.380 e. The third kappa shape index (κ3) is 3.57. The van der Waals surface area contributed by atoms with E-state index in [4.69, 9.17) is 4.74 Å². The number of hydrogen-bond donors (Lipinski definition) is 1. The van der Waals surface area contributed by atoms with Crippen molar-refractivity contribution in [2.24, 2.45) is 5.10 Å². The summed E-state index contributed by atoms with van der Waals surface area (Å²) in [6.07, 6.45) is -0.638. The average Bonchev–Trinajstić information content (AvgIpc) is 3.10. The molecule has 30 heavy (non-hydrogen) atoms. The predicted octanol–water partition coefficient (Wildman–Crippen LogP) is 1.00. The van der Waals surface area contributed by atoms with Crippen LogP contribution in [-0.2, 0) is 16.1 Å². The zero-order valence-corrected chi connectivity index (χ0v) is 18.0. The lowest BCUT2D eigenvalue weighted by atomic mass is 10.1. The quantitative estimate of drug-likeness (QED) is 0.700. The lowest BCUT2D eigenvalue weighted by Gasteiger charge is -2.42. The zero-order chi connectivity index (χ0) is 21.4. The van der Waals surface area contributed by atoms with E-state index in [1.807, 2.05) is 50.0 Å². The van der Waals surface area contributed by atoms with Gasteiger partial charge in [-0.25, -0.2) is 9.69 Å². The summed E-state index contributed by atoms with van der Waals surface area (Å²) in [6, 6.07) is 7.11. The number of urea groups is 1. The number of rotatable bonds is 6. The van der Waals surface area contributed by atoms with Gasteiger partial charge in [-0.3, -0.25) is 20.0 Å². The minimum atomic E-state index is -0.457. The second-order valence-corrected chi connectivity index (χ2v) is 8.04. The molecule has 0 aliphatic carbocycles. The van der Waals surface area contributed by atoms with Crippen LogP contribution in [-0.4, -0.2) is 89.2 Å². The Bertz CT molecular complexity index is 859. The number of ether oxygens (including phenoxy) is 1. The fourth-order valence-electron chi connectivity index (χ4n) is 4.43. The molecule has 4 rings (SSSR count). The Morgan fingerprint density at radius 1 is 1.23 bits per heavy atom. The lowest BCUT2D eigenvalue weighted by molar-refractivity contribution is -0.139. The van der Waals surface area contributed by atoms with Gasteiger partial charge in [0.05, 0.1) is 19.7 Å². The monoisotopic (exact) mass is 414 g/mol. The molecule has 3 atom stereocenters. The van der Waals surface area contributed by atoms with Gasteiger partial charge in [-0.15, -0.1) is 0 Å². The number of carbonyl (C=O) groups is 2. The highest BCUT2D eigenvalue weighted by Crippen LogP contribution is 2.31. The molecule has 9 heteroatoms. The van der Waals surface area contributed by atoms with Crippen molar-refractivity contribution < 1.29 is 14.3 Å². The van der Waals surface area contributed by atoms with Crippen LogP contribution in [0.4, 0.5) is 4.79 Å². The van der Waals surface area contributed by atoms with E-state index in [0.717, 1.165) is 16.8 Å². The molecule has 1 aromatic rings. The Morgan fingerprint density at radius 3 is 2.73 bits per heavy atom. The largest absolute Gasteiger partial charge is 0.380 e. The van der Waals surface area contributed by atoms with Crippen molar-refractivity contribution in [2.75, 3.05) is 33.4 Å². The number of fused-ring (bicyclic) bond motifs is 3. The molecule has 0 radical (unpaired) electrons. The fraction of sp³-hybridized carbons (Fsp3) is 0.571. The van der Waals surface area contributed by atoms with E-state index in [1.165, 1.54) is 4.90 Å². The fourth-order valence-corrected chi connectivity index (χ4v) is 4.43. The number of nitrogens with zero attached hydrogens (tertiary/aromatic N) is 5. The molecule has 3 aliphatic heterocycles. The minimum absolute atomic E-state index is 0.166. The Labute approximate surface area is 177 Å². The van der Waals surface area contributed by atoms with E-state index in [-0.39, 0.29) is 30.9 Å². The summed E-state index contributed by atoms with van der Waals surface area (Å²) in [5, 5.41) is 10.0. The normalized spacial score (nSPS) is 26.7. The summed E-state index contributed by atoms with van der Waals surface area (Å²) >= 11 is 0. The Balaban J connectivity index is 1.59. The van der Waals surface area contributed by atoms with Gasteiger partial charge in [0.25, 0.3) is 5.91 Å². The van der Waals surface area contributed by atoms with Crippen molar-refractivity contribution in [3.05, 3.63) is 35.4 Å². The van der Waals surface area contributed by atoms with Crippen LogP contribution in [0.2, 0.25) is 0 Å². The van der Waals surface area contributed by atoms with Crippen molar-refractivity contribution in [3.8, 4) is 0 Å². The van der Waals surface area contributed by atoms with Crippen molar-refractivity contribution >= 4 is 17.6 Å². The van der Waals surface area contributed by atoms with Gasteiger partial charge in [0.15, 0.2) is 6.29 Å². The second kappa shape index (κ2) is 8.33. The van der Waals surface area contributed by atoms with Crippen LogP contribution in [0.3, 0.4) is 0 Å². The highest BCUT2D eigenvalue weighted by molar-refractivity contribution is 6.01. The molecule has 9 nitrogen and oxygen atoms in total. The summed E-state index contributed by atoms with van der Waals surface area (Å²) in [7, 11) is 1.75.